The van der Waals surface area contributed by atoms with Crippen LogP contribution in [0.1, 0.15) is 36.1 Å². The summed E-state index contributed by atoms with van der Waals surface area (Å²) in [5.74, 6) is -0.444. The number of carbonyl (C=O) groups excluding carboxylic acids is 1. The van der Waals surface area contributed by atoms with Crippen molar-refractivity contribution in [3.05, 3.63) is 23.7 Å². The standard InChI is InChI=1S/C13H17NO4/c1-8-4-3-7-14(11(8)13(16)17)12(15)10-6-5-9(2)18-10/h5-6,8,11H,3-4,7H2,1-2H3,(H,16,17). The molecule has 0 bridgehead atoms. The van der Waals surface area contributed by atoms with Crippen LogP contribution >= 0.6 is 0 Å². The zero-order valence-corrected chi connectivity index (χ0v) is 10.5. The summed E-state index contributed by atoms with van der Waals surface area (Å²) in [6, 6.07) is 2.54. The first-order valence-corrected chi connectivity index (χ1v) is 6.11. The molecule has 0 saturated carbocycles. The van der Waals surface area contributed by atoms with Crippen LogP contribution in [0.25, 0.3) is 0 Å². The van der Waals surface area contributed by atoms with Gasteiger partial charge in [-0.3, -0.25) is 4.79 Å². The summed E-state index contributed by atoms with van der Waals surface area (Å²) in [5.41, 5.74) is 0. The molecule has 0 radical (unpaired) electrons. The molecule has 0 aliphatic carbocycles. The summed E-state index contributed by atoms with van der Waals surface area (Å²) < 4.78 is 5.28. The van der Waals surface area contributed by atoms with Crippen molar-refractivity contribution in [3.8, 4) is 0 Å². The van der Waals surface area contributed by atoms with Crippen molar-refractivity contribution in [2.24, 2.45) is 5.92 Å². The summed E-state index contributed by atoms with van der Waals surface area (Å²) in [6.07, 6.45) is 1.66. The molecule has 18 heavy (non-hydrogen) atoms. The van der Waals surface area contributed by atoms with Gasteiger partial charge in [-0.1, -0.05) is 6.92 Å². The highest BCUT2D eigenvalue weighted by Gasteiger charge is 2.38. The molecule has 5 nitrogen and oxygen atoms in total. The highest BCUT2D eigenvalue weighted by Crippen LogP contribution is 2.25. The molecule has 2 atom stereocenters. The second kappa shape index (κ2) is 4.84. The van der Waals surface area contributed by atoms with E-state index < -0.39 is 12.0 Å². The number of nitrogens with zero attached hydrogens (tertiary/aromatic N) is 1. The maximum atomic E-state index is 12.2. The predicted molar refractivity (Wildman–Crippen MR) is 64.3 cm³/mol. The molecular formula is C13H17NO4. The second-order valence-electron chi connectivity index (χ2n) is 4.81. The number of amides is 1. The molecule has 1 aliphatic heterocycles. The summed E-state index contributed by atoms with van der Waals surface area (Å²) >= 11 is 0. The van der Waals surface area contributed by atoms with E-state index in [0.29, 0.717) is 12.3 Å². The molecule has 2 heterocycles. The first kappa shape index (κ1) is 12.7. The van der Waals surface area contributed by atoms with Gasteiger partial charge in [-0.05, 0) is 37.8 Å². The maximum absolute atomic E-state index is 12.2. The molecule has 1 saturated heterocycles. The molecule has 1 N–H and O–H groups in total. The van der Waals surface area contributed by atoms with Gasteiger partial charge in [0, 0.05) is 6.54 Å². The number of carbonyl (C=O) groups is 2. The third kappa shape index (κ3) is 2.25. The zero-order valence-electron chi connectivity index (χ0n) is 10.5. The number of hydrogen-bond acceptors (Lipinski definition) is 3. The van der Waals surface area contributed by atoms with Crippen LogP contribution in [-0.4, -0.2) is 34.5 Å². The van der Waals surface area contributed by atoms with E-state index in [9.17, 15) is 14.7 Å². The summed E-state index contributed by atoms with van der Waals surface area (Å²) in [7, 11) is 0. The van der Waals surface area contributed by atoms with E-state index in [4.69, 9.17) is 4.42 Å². The maximum Gasteiger partial charge on any atom is 0.326 e. The molecule has 5 heteroatoms. The van der Waals surface area contributed by atoms with Crippen LogP contribution in [0.3, 0.4) is 0 Å². The molecule has 1 aromatic rings. The van der Waals surface area contributed by atoms with Gasteiger partial charge in [0.25, 0.3) is 5.91 Å². The number of aliphatic carboxylic acids is 1. The number of furan rings is 1. The molecular weight excluding hydrogens is 234 g/mol. The fourth-order valence-corrected chi connectivity index (χ4v) is 2.48. The van der Waals surface area contributed by atoms with E-state index in [1.54, 1.807) is 19.1 Å². The van der Waals surface area contributed by atoms with Gasteiger partial charge in [0.15, 0.2) is 5.76 Å². The van der Waals surface area contributed by atoms with Gasteiger partial charge >= 0.3 is 5.97 Å². The van der Waals surface area contributed by atoms with E-state index in [0.717, 1.165) is 12.8 Å². The number of carboxylic acids is 1. The summed E-state index contributed by atoms with van der Waals surface area (Å²) in [5, 5.41) is 9.26. The first-order chi connectivity index (χ1) is 8.50. The smallest absolute Gasteiger partial charge is 0.326 e. The van der Waals surface area contributed by atoms with Crippen LogP contribution in [0.15, 0.2) is 16.5 Å². The molecule has 2 unspecified atom stereocenters. The number of aryl methyl sites for hydroxylation is 1. The Bertz CT molecular complexity index is 465. The molecule has 2 rings (SSSR count). The number of rotatable bonds is 2. The fourth-order valence-electron chi connectivity index (χ4n) is 2.48. The van der Waals surface area contributed by atoms with Crippen molar-refractivity contribution < 1.29 is 19.1 Å². The van der Waals surface area contributed by atoms with E-state index in [1.165, 1.54) is 4.90 Å². The van der Waals surface area contributed by atoms with Gasteiger partial charge in [-0.15, -0.1) is 0 Å². The van der Waals surface area contributed by atoms with Crippen LogP contribution in [0.5, 0.6) is 0 Å². The average molecular weight is 251 g/mol. The van der Waals surface area contributed by atoms with Crippen molar-refractivity contribution in [2.75, 3.05) is 6.54 Å². The van der Waals surface area contributed by atoms with E-state index in [2.05, 4.69) is 0 Å². The minimum Gasteiger partial charge on any atom is -0.480 e. The van der Waals surface area contributed by atoms with E-state index >= 15 is 0 Å². The normalized spacial score (nSPS) is 24.0. The lowest BCUT2D eigenvalue weighted by atomic mass is 9.90. The minimum atomic E-state index is -0.946. The fraction of sp³-hybridized carbons (Fsp3) is 0.538. The van der Waals surface area contributed by atoms with Crippen molar-refractivity contribution in [1.29, 1.82) is 0 Å². The Morgan fingerprint density at radius 3 is 2.72 bits per heavy atom. The first-order valence-electron chi connectivity index (χ1n) is 6.11. The largest absolute Gasteiger partial charge is 0.480 e. The van der Waals surface area contributed by atoms with Gasteiger partial charge in [0.05, 0.1) is 0 Å². The Kier molecular flexibility index (Phi) is 3.41. The number of hydrogen-bond donors (Lipinski definition) is 1. The monoisotopic (exact) mass is 251 g/mol. The van der Waals surface area contributed by atoms with Gasteiger partial charge in [0.1, 0.15) is 11.8 Å². The van der Waals surface area contributed by atoms with Gasteiger partial charge < -0.3 is 14.4 Å². The lowest BCUT2D eigenvalue weighted by Crippen LogP contribution is -2.51. The van der Waals surface area contributed by atoms with Gasteiger partial charge in [-0.2, -0.15) is 0 Å². The van der Waals surface area contributed by atoms with Crippen LogP contribution in [0.4, 0.5) is 0 Å². The summed E-state index contributed by atoms with van der Waals surface area (Å²) in [4.78, 5) is 24.9. The van der Waals surface area contributed by atoms with Crippen LogP contribution < -0.4 is 0 Å². The Morgan fingerprint density at radius 2 is 2.17 bits per heavy atom. The number of piperidine rings is 1. The highest BCUT2D eigenvalue weighted by atomic mass is 16.4. The van der Waals surface area contributed by atoms with Crippen molar-refractivity contribution in [3.63, 3.8) is 0 Å². The molecule has 1 aromatic heterocycles. The highest BCUT2D eigenvalue weighted by molar-refractivity contribution is 5.94. The van der Waals surface area contributed by atoms with Crippen molar-refractivity contribution in [2.45, 2.75) is 32.7 Å². The molecule has 0 aromatic carbocycles. The second-order valence-corrected chi connectivity index (χ2v) is 4.81. The van der Waals surface area contributed by atoms with Gasteiger partial charge in [-0.25, -0.2) is 4.79 Å². The van der Waals surface area contributed by atoms with Crippen LogP contribution in [-0.2, 0) is 4.79 Å². The van der Waals surface area contributed by atoms with E-state index in [-0.39, 0.29) is 17.6 Å². The zero-order chi connectivity index (χ0) is 13.3. The molecule has 0 spiro atoms. The third-order valence-corrected chi connectivity index (χ3v) is 3.40. The molecule has 1 amide bonds. The van der Waals surface area contributed by atoms with Crippen LogP contribution in [0, 0.1) is 12.8 Å². The Hall–Kier alpha value is -1.78. The Labute approximate surface area is 105 Å². The van der Waals surface area contributed by atoms with Crippen molar-refractivity contribution >= 4 is 11.9 Å². The number of carboxylic acid groups (broad SMARTS) is 1. The van der Waals surface area contributed by atoms with Gasteiger partial charge in [0.2, 0.25) is 0 Å². The van der Waals surface area contributed by atoms with Crippen LogP contribution in [0.2, 0.25) is 0 Å². The number of likely N-dealkylation sites (tertiary alicyclic amines) is 1. The third-order valence-electron chi connectivity index (χ3n) is 3.40. The molecule has 98 valence electrons. The topological polar surface area (TPSA) is 70.8 Å². The quantitative estimate of drug-likeness (QED) is 0.871. The minimum absolute atomic E-state index is 0.0312. The Morgan fingerprint density at radius 1 is 1.44 bits per heavy atom. The molecule has 1 fully saturated rings. The average Bonchev–Trinajstić information content (AvgIpc) is 2.74. The molecule has 1 aliphatic rings. The summed E-state index contributed by atoms with van der Waals surface area (Å²) in [6.45, 7) is 4.09. The van der Waals surface area contributed by atoms with E-state index in [1.807, 2.05) is 6.92 Å². The predicted octanol–water partition coefficient (Wildman–Crippen LogP) is 1.91. The van der Waals surface area contributed by atoms with Crippen molar-refractivity contribution in [1.82, 2.24) is 4.90 Å². The Balaban J connectivity index is 2.24. The SMILES string of the molecule is Cc1ccc(C(=O)N2CCCC(C)C2C(=O)O)o1. The lowest BCUT2D eigenvalue weighted by molar-refractivity contribution is -0.145. The lowest BCUT2D eigenvalue weighted by Gasteiger charge is -2.36.